The summed E-state index contributed by atoms with van der Waals surface area (Å²) in [5.41, 5.74) is 1.19. The van der Waals surface area contributed by atoms with Crippen molar-refractivity contribution in [2.24, 2.45) is 5.92 Å². The Balaban J connectivity index is 1.38. The third-order valence-corrected chi connectivity index (χ3v) is 5.01. The number of amides is 1. The molecule has 25 heavy (non-hydrogen) atoms. The molecule has 2 aliphatic heterocycles. The molecule has 1 N–H and O–H groups in total. The molecule has 0 unspecified atom stereocenters. The Labute approximate surface area is 146 Å². The predicted octanol–water partition coefficient (Wildman–Crippen LogP) is 1.85. The fourth-order valence-electron chi connectivity index (χ4n) is 3.70. The number of ether oxygens (including phenoxy) is 1. The van der Waals surface area contributed by atoms with Crippen LogP contribution in [0.25, 0.3) is 11.5 Å². The molecule has 0 bridgehead atoms. The number of carbonyl (C=O) groups is 1. The summed E-state index contributed by atoms with van der Waals surface area (Å²) in [5, 5.41) is 7.08. The van der Waals surface area contributed by atoms with Gasteiger partial charge in [-0.3, -0.25) is 14.8 Å². The number of aromatic nitrogens is 2. The summed E-state index contributed by atoms with van der Waals surface area (Å²) in [6.07, 6.45) is 3.84. The van der Waals surface area contributed by atoms with Crippen LogP contribution in [-0.4, -0.2) is 71.8 Å². The van der Waals surface area contributed by atoms with Gasteiger partial charge in [0.2, 0.25) is 0 Å². The van der Waals surface area contributed by atoms with E-state index in [1.54, 1.807) is 12.3 Å². The summed E-state index contributed by atoms with van der Waals surface area (Å²) in [5.74, 6) is 1.22. The molecule has 2 aromatic rings. The van der Waals surface area contributed by atoms with Crippen LogP contribution in [0.5, 0.6) is 0 Å². The number of hydrogen-bond donors (Lipinski definition) is 1. The van der Waals surface area contributed by atoms with Gasteiger partial charge in [0.15, 0.2) is 11.5 Å². The number of aromatic amines is 1. The molecule has 2 aromatic heterocycles. The number of carbonyl (C=O) groups excluding carboxylic acids is 1. The molecule has 0 saturated carbocycles. The number of piperidine rings is 1. The highest BCUT2D eigenvalue weighted by Crippen LogP contribution is 2.22. The number of H-pyrrole nitrogens is 1. The average molecular weight is 344 g/mol. The molecule has 2 saturated heterocycles. The van der Waals surface area contributed by atoms with Crippen LogP contribution in [0.4, 0.5) is 0 Å². The first kappa shape index (κ1) is 16.4. The molecular weight excluding hydrogens is 320 g/mol. The lowest BCUT2D eigenvalue weighted by Gasteiger charge is -2.36. The van der Waals surface area contributed by atoms with Crippen LogP contribution in [0, 0.1) is 5.92 Å². The molecule has 2 aliphatic rings. The minimum Gasteiger partial charge on any atom is -0.463 e. The summed E-state index contributed by atoms with van der Waals surface area (Å²) in [7, 11) is 0. The van der Waals surface area contributed by atoms with Gasteiger partial charge < -0.3 is 14.1 Å². The predicted molar refractivity (Wildman–Crippen MR) is 92.2 cm³/mol. The van der Waals surface area contributed by atoms with Gasteiger partial charge in [-0.25, -0.2) is 0 Å². The molecule has 0 aromatic carbocycles. The van der Waals surface area contributed by atoms with Gasteiger partial charge in [0.25, 0.3) is 5.91 Å². The van der Waals surface area contributed by atoms with E-state index in [0.717, 1.165) is 58.1 Å². The molecule has 0 radical (unpaired) electrons. The van der Waals surface area contributed by atoms with Crippen molar-refractivity contribution in [1.29, 1.82) is 0 Å². The average Bonchev–Trinajstić information content (AvgIpc) is 3.34. The van der Waals surface area contributed by atoms with Crippen molar-refractivity contribution < 1.29 is 13.9 Å². The Kier molecular flexibility index (Phi) is 4.85. The number of morpholine rings is 1. The van der Waals surface area contributed by atoms with Crippen molar-refractivity contribution in [3.8, 4) is 11.5 Å². The summed E-state index contributed by atoms with van der Waals surface area (Å²) in [6.45, 7) is 6.29. The van der Waals surface area contributed by atoms with E-state index < -0.39 is 0 Å². The zero-order chi connectivity index (χ0) is 17.1. The number of nitrogens with zero attached hydrogens (tertiary/aromatic N) is 3. The molecule has 134 valence electrons. The smallest absolute Gasteiger partial charge is 0.274 e. The largest absolute Gasteiger partial charge is 0.463 e. The Hall–Kier alpha value is -2.12. The van der Waals surface area contributed by atoms with Gasteiger partial charge in [-0.05, 0) is 30.9 Å². The molecule has 7 heteroatoms. The van der Waals surface area contributed by atoms with Crippen LogP contribution in [0.1, 0.15) is 23.3 Å². The van der Waals surface area contributed by atoms with Gasteiger partial charge in [0.1, 0.15) is 5.69 Å². The minimum atomic E-state index is 0.000679. The number of furan rings is 1. The number of rotatable bonds is 4. The first-order valence-corrected chi connectivity index (χ1v) is 8.98. The van der Waals surface area contributed by atoms with Crippen molar-refractivity contribution >= 4 is 5.91 Å². The van der Waals surface area contributed by atoms with E-state index in [4.69, 9.17) is 9.15 Å². The van der Waals surface area contributed by atoms with Gasteiger partial charge >= 0.3 is 0 Å². The number of hydrogen-bond acceptors (Lipinski definition) is 5. The van der Waals surface area contributed by atoms with Crippen molar-refractivity contribution in [2.75, 3.05) is 45.9 Å². The van der Waals surface area contributed by atoms with Crippen molar-refractivity contribution in [3.63, 3.8) is 0 Å². The number of likely N-dealkylation sites (tertiary alicyclic amines) is 1. The van der Waals surface area contributed by atoms with E-state index in [1.807, 2.05) is 17.0 Å². The van der Waals surface area contributed by atoms with Crippen LogP contribution >= 0.6 is 0 Å². The summed E-state index contributed by atoms with van der Waals surface area (Å²) >= 11 is 0. The molecule has 7 nitrogen and oxygen atoms in total. The normalized spacial score (nSPS) is 22.2. The minimum absolute atomic E-state index is 0.000679. The molecule has 1 amide bonds. The fourth-order valence-corrected chi connectivity index (χ4v) is 3.70. The Morgan fingerprint density at radius 3 is 3.00 bits per heavy atom. The second-order valence-corrected chi connectivity index (χ2v) is 6.82. The van der Waals surface area contributed by atoms with Gasteiger partial charge in [0, 0.05) is 38.8 Å². The summed E-state index contributed by atoms with van der Waals surface area (Å²) in [4.78, 5) is 17.2. The van der Waals surface area contributed by atoms with E-state index in [-0.39, 0.29) is 5.91 Å². The third-order valence-electron chi connectivity index (χ3n) is 5.01. The lowest BCUT2D eigenvalue weighted by Crippen LogP contribution is -2.46. The maximum absolute atomic E-state index is 12.8. The van der Waals surface area contributed by atoms with Crippen molar-refractivity contribution in [3.05, 3.63) is 30.2 Å². The van der Waals surface area contributed by atoms with Crippen molar-refractivity contribution in [2.45, 2.75) is 12.8 Å². The molecular formula is C18H24N4O3. The van der Waals surface area contributed by atoms with E-state index >= 15 is 0 Å². The maximum atomic E-state index is 12.8. The second kappa shape index (κ2) is 7.41. The van der Waals surface area contributed by atoms with Crippen LogP contribution in [0.2, 0.25) is 0 Å². The lowest BCUT2D eigenvalue weighted by molar-refractivity contribution is 0.0223. The summed E-state index contributed by atoms with van der Waals surface area (Å²) < 4.78 is 10.8. The monoisotopic (exact) mass is 344 g/mol. The van der Waals surface area contributed by atoms with Crippen molar-refractivity contribution in [1.82, 2.24) is 20.0 Å². The first-order chi connectivity index (χ1) is 12.3. The highest BCUT2D eigenvalue weighted by molar-refractivity contribution is 5.93. The summed E-state index contributed by atoms with van der Waals surface area (Å²) in [6, 6.07) is 5.44. The Morgan fingerprint density at radius 1 is 1.32 bits per heavy atom. The zero-order valence-corrected chi connectivity index (χ0v) is 14.3. The van der Waals surface area contributed by atoms with E-state index in [0.29, 0.717) is 17.4 Å². The highest BCUT2D eigenvalue weighted by Gasteiger charge is 2.27. The van der Waals surface area contributed by atoms with Crippen LogP contribution in [0.15, 0.2) is 28.9 Å². The van der Waals surface area contributed by atoms with Gasteiger partial charge in [-0.15, -0.1) is 0 Å². The van der Waals surface area contributed by atoms with Gasteiger partial charge in [-0.2, -0.15) is 5.10 Å². The van der Waals surface area contributed by atoms with E-state index in [9.17, 15) is 4.79 Å². The van der Waals surface area contributed by atoms with E-state index in [1.165, 1.54) is 6.42 Å². The van der Waals surface area contributed by atoms with Crippen LogP contribution in [0.3, 0.4) is 0 Å². The molecule has 2 fully saturated rings. The fraction of sp³-hybridized carbons (Fsp3) is 0.556. The molecule has 4 rings (SSSR count). The molecule has 1 atom stereocenters. The van der Waals surface area contributed by atoms with Crippen LogP contribution in [-0.2, 0) is 4.74 Å². The quantitative estimate of drug-likeness (QED) is 0.916. The lowest BCUT2D eigenvalue weighted by atomic mass is 9.97. The molecule has 0 aliphatic carbocycles. The van der Waals surface area contributed by atoms with E-state index in [2.05, 4.69) is 15.1 Å². The first-order valence-electron chi connectivity index (χ1n) is 8.98. The zero-order valence-electron chi connectivity index (χ0n) is 14.3. The van der Waals surface area contributed by atoms with Gasteiger partial charge in [-0.1, -0.05) is 0 Å². The number of nitrogens with one attached hydrogen (secondary N) is 1. The topological polar surface area (TPSA) is 74.6 Å². The Bertz CT molecular complexity index is 691. The molecule has 0 spiro atoms. The third kappa shape index (κ3) is 3.77. The maximum Gasteiger partial charge on any atom is 0.274 e. The standard InChI is InChI=1S/C18H24N4O3/c23-18(16-11-15(19-20-16)17-4-2-8-25-17)22-5-1-3-14(13-22)12-21-6-9-24-10-7-21/h2,4,8,11,14H,1,3,5-7,9-10,12-13H2,(H,19,20)/t14-/m1/s1. The Morgan fingerprint density at radius 2 is 2.20 bits per heavy atom. The van der Waals surface area contributed by atoms with Crippen LogP contribution < -0.4 is 0 Å². The highest BCUT2D eigenvalue weighted by atomic mass is 16.5. The van der Waals surface area contributed by atoms with Gasteiger partial charge in [0.05, 0.1) is 19.5 Å². The second-order valence-electron chi connectivity index (χ2n) is 6.82. The molecule has 4 heterocycles. The SMILES string of the molecule is O=C(c1cc(-c2ccco2)[nH]n1)N1CCC[C@H](CN2CCOCC2)C1.